The van der Waals surface area contributed by atoms with Gasteiger partial charge in [-0.25, -0.2) is 0 Å². The van der Waals surface area contributed by atoms with Gasteiger partial charge in [-0.2, -0.15) is 0 Å². The van der Waals surface area contributed by atoms with E-state index in [4.69, 9.17) is 0 Å². The summed E-state index contributed by atoms with van der Waals surface area (Å²) in [5.41, 5.74) is 3.90. The Labute approximate surface area is 132 Å². The Bertz CT molecular complexity index is 614. The number of nitrogens with zero attached hydrogens (tertiary/aromatic N) is 1. The van der Waals surface area contributed by atoms with Crippen molar-refractivity contribution in [3.05, 3.63) is 47.0 Å². The molecule has 0 saturated heterocycles. The van der Waals surface area contributed by atoms with Crippen LogP contribution in [0.5, 0.6) is 0 Å². The summed E-state index contributed by atoms with van der Waals surface area (Å²) in [4.78, 5) is 25.7. The van der Waals surface area contributed by atoms with Gasteiger partial charge in [0.25, 0.3) is 11.8 Å². The number of rotatable bonds is 5. The topological polar surface area (TPSA) is 37.4 Å². The molecule has 0 unspecified atom stereocenters. The fourth-order valence-corrected chi connectivity index (χ4v) is 3.97. The molecule has 0 spiro atoms. The highest BCUT2D eigenvalue weighted by Crippen LogP contribution is 2.48. The van der Waals surface area contributed by atoms with Crippen LogP contribution in [-0.2, 0) is 16.0 Å². The van der Waals surface area contributed by atoms with Gasteiger partial charge < -0.3 is 0 Å². The van der Waals surface area contributed by atoms with Crippen molar-refractivity contribution in [2.45, 2.75) is 57.9 Å². The monoisotopic (exact) mass is 297 g/mol. The third kappa shape index (κ3) is 2.39. The first kappa shape index (κ1) is 15.0. The van der Waals surface area contributed by atoms with E-state index in [-0.39, 0.29) is 17.9 Å². The van der Waals surface area contributed by atoms with E-state index in [1.807, 2.05) is 0 Å². The van der Waals surface area contributed by atoms with Gasteiger partial charge in [0.15, 0.2) is 0 Å². The van der Waals surface area contributed by atoms with E-state index in [9.17, 15) is 9.59 Å². The van der Waals surface area contributed by atoms with Crippen LogP contribution in [0.15, 0.2) is 30.4 Å². The lowest BCUT2D eigenvalue weighted by Gasteiger charge is -2.25. The molecule has 2 atom stereocenters. The number of amides is 2. The smallest absolute Gasteiger partial charge is 0.254 e. The molecule has 1 aromatic rings. The lowest BCUT2D eigenvalue weighted by molar-refractivity contribution is -0.139. The summed E-state index contributed by atoms with van der Waals surface area (Å²) in [5.74, 6) is 0.136. The molecule has 22 heavy (non-hydrogen) atoms. The molecule has 0 fully saturated rings. The number of hydrogen-bond acceptors (Lipinski definition) is 2. The van der Waals surface area contributed by atoms with E-state index in [2.05, 4.69) is 32.0 Å². The maximum Gasteiger partial charge on any atom is 0.254 e. The van der Waals surface area contributed by atoms with Crippen LogP contribution in [0.2, 0.25) is 0 Å². The van der Waals surface area contributed by atoms with Gasteiger partial charge in [-0.3, -0.25) is 14.5 Å². The number of benzene rings is 1. The van der Waals surface area contributed by atoms with Crippen molar-refractivity contribution < 1.29 is 9.59 Å². The van der Waals surface area contributed by atoms with Crippen molar-refractivity contribution in [2.24, 2.45) is 0 Å². The molecule has 2 aliphatic rings. The van der Waals surface area contributed by atoms with Gasteiger partial charge in [-0.05, 0) is 41.9 Å². The van der Waals surface area contributed by atoms with Crippen molar-refractivity contribution in [1.29, 1.82) is 0 Å². The molecule has 0 saturated carbocycles. The normalized spacial score (nSPS) is 23.5. The lowest BCUT2D eigenvalue weighted by Crippen LogP contribution is -2.33. The summed E-state index contributed by atoms with van der Waals surface area (Å²) in [7, 11) is 0. The summed E-state index contributed by atoms with van der Waals surface area (Å²) in [6.07, 6.45) is 7.99. The van der Waals surface area contributed by atoms with Crippen molar-refractivity contribution in [1.82, 2.24) is 4.90 Å². The molecule has 0 radical (unpaired) electrons. The first-order valence-corrected chi connectivity index (χ1v) is 8.34. The first-order valence-electron chi connectivity index (χ1n) is 8.34. The van der Waals surface area contributed by atoms with Crippen LogP contribution in [0.3, 0.4) is 0 Å². The Morgan fingerprint density at radius 3 is 2.45 bits per heavy atom. The van der Waals surface area contributed by atoms with Gasteiger partial charge in [0.05, 0.1) is 6.04 Å². The second-order valence-electron chi connectivity index (χ2n) is 6.29. The van der Waals surface area contributed by atoms with Crippen LogP contribution in [-0.4, -0.2) is 16.7 Å². The molecule has 0 N–H and O–H groups in total. The number of fused-ring (bicyclic) bond motifs is 1. The summed E-state index contributed by atoms with van der Waals surface area (Å²) < 4.78 is 0. The van der Waals surface area contributed by atoms with E-state index < -0.39 is 0 Å². The lowest BCUT2D eigenvalue weighted by atomic mass is 9.94. The molecular formula is C19H23NO2. The summed E-state index contributed by atoms with van der Waals surface area (Å²) >= 11 is 0. The van der Waals surface area contributed by atoms with E-state index >= 15 is 0 Å². The van der Waals surface area contributed by atoms with E-state index in [1.165, 1.54) is 33.7 Å². The third-order valence-corrected chi connectivity index (χ3v) is 4.82. The van der Waals surface area contributed by atoms with Crippen molar-refractivity contribution in [3.8, 4) is 0 Å². The highest BCUT2D eigenvalue weighted by molar-refractivity contribution is 6.13. The fraction of sp³-hybridized carbons (Fsp3) is 0.474. The Morgan fingerprint density at radius 1 is 1.09 bits per heavy atom. The number of imide groups is 1. The van der Waals surface area contributed by atoms with Crippen LogP contribution in [0.1, 0.15) is 68.2 Å². The molecule has 3 rings (SSSR count). The van der Waals surface area contributed by atoms with Gasteiger partial charge >= 0.3 is 0 Å². The zero-order valence-corrected chi connectivity index (χ0v) is 13.3. The Hall–Kier alpha value is -1.90. The number of aryl methyl sites for hydroxylation is 1. The Balaban J connectivity index is 2.04. The summed E-state index contributed by atoms with van der Waals surface area (Å²) in [6, 6.07) is 6.39. The average molecular weight is 297 g/mol. The Kier molecular flexibility index (Phi) is 4.14. The second kappa shape index (κ2) is 6.07. The minimum Gasteiger partial charge on any atom is -0.269 e. The molecule has 3 heteroatoms. The predicted octanol–water partition coefficient (Wildman–Crippen LogP) is 3.89. The molecule has 1 aliphatic heterocycles. The highest BCUT2D eigenvalue weighted by Gasteiger charge is 2.40. The SMILES string of the molecule is CCCc1cccc2c1[C@@H](N1C(=O)C=CC1=O)C[C@@H]2CCC. The molecule has 0 aromatic heterocycles. The van der Waals surface area contributed by atoms with Crippen LogP contribution in [0.25, 0.3) is 0 Å². The minimum atomic E-state index is -0.163. The fourth-order valence-electron chi connectivity index (χ4n) is 3.97. The van der Waals surface area contributed by atoms with Gasteiger partial charge in [0, 0.05) is 12.2 Å². The molecule has 3 nitrogen and oxygen atoms in total. The summed E-state index contributed by atoms with van der Waals surface area (Å²) in [6.45, 7) is 4.36. The summed E-state index contributed by atoms with van der Waals surface area (Å²) in [5, 5.41) is 0. The van der Waals surface area contributed by atoms with Crippen LogP contribution in [0.4, 0.5) is 0 Å². The number of hydrogen-bond donors (Lipinski definition) is 0. The van der Waals surface area contributed by atoms with Crippen molar-refractivity contribution >= 4 is 11.8 Å². The molecule has 0 bridgehead atoms. The van der Waals surface area contributed by atoms with E-state index in [1.54, 1.807) is 0 Å². The molecule has 1 aliphatic carbocycles. The van der Waals surface area contributed by atoms with Gasteiger partial charge in [-0.15, -0.1) is 0 Å². The largest absolute Gasteiger partial charge is 0.269 e. The third-order valence-electron chi connectivity index (χ3n) is 4.82. The maximum atomic E-state index is 12.1. The average Bonchev–Trinajstić information content (AvgIpc) is 3.02. The molecule has 1 heterocycles. The zero-order chi connectivity index (χ0) is 15.7. The van der Waals surface area contributed by atoms with Gasteiger partial charge in [0.1, 0.15) is 0 Å². The number of carbonyl (C=O) groups is 2. The van der Waals surface area contributed by atoms with Crippen LogP contribution < -0.4 is 0 Å². The van der Waals surface area contributed by atoms with Crippen LogP contribution >= 0.6 is 0 Å². The number of carbonyl (C=O) groups excluding carboxylic acids is 2. The first-order chi connectivity index (χ1) is 10.7. The minimum absolute atomic E-state index is 0.0794. The second-order valence-corrected chi connectivity index (χ2v) is 6.29. The van der Waals surface area contributed by atoms with Crippen molar-refractivity contribution in [3.63, 3.8) is 0 Å². The van der Waals surface area contributed by atoms with Crippen molar-refractivity contribution in [2.75, 3.05) is 0 Å². The molecule has 2 amide bonds. The Morgan fingerprint density at radius 2 is 1.82 bits per heavy atom. The molecule has 116 valence electrons. The van der Waals surface area contributed by atoms with Gasteiger partial charge in [0.2, 0.25) is 0 Å². The van der Waals surface area contributed by atoms with E-state index in [0.717, 1.165) is 32.1 Å². The molecular weight excluding hydrogens is 274 g/mol. The van der Waals surface area contributed by atoms with E-state index in [0.29, 0.717) is 5.92 Å². The maximum absolute atomic E-state index is 12.1. The van der Waals surface area contributed by atoms with Gasteiger partial charge in [-0.1, -0.05) is 44.9 Å². The standard InChI is InChI=1S/C19H23NO2/c1-3-6-13-8-5-9-15-14(7-4-2)12-16(19(13)15)20-17(21)10-11-18(20)22/h5,8-11,14,16H,3-4,6-7,12H2,1-2H3/t14-,16-/m0/s1. The molecule has 1 aromatic carbocycles. The van der Waals surface area contributed by atoms with Crippen LogP contribution in [0, 0.1) is 0 Å². The predicted molar refractivity (Wildman–Crippen MR) is 86.4 cm³/mol. The zero-order valence-electron chi connectivity index (χ0n) is 13.3. The highest BCUT2D eigenvalue weighted by atomic mass is 16.2. The quantitative estimate of drug-likeness (QED) is 0.773.